The molecule has 0 radical (unpaired) electrons. The number of Topliss-reactive ketones (excluding diaryl/α,β-unsaturated/α-hetero) is 1. The fourth-order valence-corrected chi connectivity index (χ4v) is 4.94. The normalized spacial score (nSPS) is 18.6. The number of alkyl halides is 3. The number of hydrogen-bond acceptors (Lipinski definition) is 4. The zero-order valence-electron chi connectivity index (χ0n) is 17.4. The minimum absolute atomic E-state index is 0.0193. The Morgan fingerprint density at radius 3 is 2.34 bits per heavy atom. The molecule has 1 saturated heterocycles. The molecule has 0 aliphatic carbocycles. The summed E-state index contributed by atoms with van der Waals surface area (Å²) >= 11 is 1.49. The van der Waals surface area contributed by atoms with Crippen LogP contribution in [0, 0.1) is 5.82 Å². The molecule has 3 rings (SSSR count). The van der Waals surface area contributed by atoms with Crippen LogP contribution in [0.25, 0.3) is 0 Å². The zero-order valence-corrected chi connectivity index (χ0v) is 18.2. The van der Waals surface area contributed by atoms with E-state index < -0.39 is 23.9 Å². The van der Waals surface area contributed by atoms with Gasteiger partial charge in [0.2, 0.25) is 0 Å². The van der Waals surface area contributed by atoms with Gasteiger partial charge in [0.25, 0.3) is 0 Å². The van der Waals surface area contributed by atoms with E-state index in [0.717, 1.165) is 22.6 Å². The lowest BCUT2D eigenvalue weighted by atomic mass is 10.0. The summed E-state index contributed by atoms with van der Waals surface area (Å²) in [6.45, 7) is -0.0193. The minimum atomic E-state index is -4.96. The number of carbonyl (C=O) groups is 2. The van der Waals surface area contributed by atoms with Gasteiger partial charge in [-0.1, -0.05) is 12.1 Å². The number of hydrogen-bond donors (Lipinski definition) is 0. The van der Waals surface area contributed by atoms with E-state index in [-0.39, 0.29) is 30.4 Å². The van der Waals surface area contributed by atoms with E-state index in [1.165, 1.54) is 23.9 Å². The second kappa shape index (κ2) is 10.4. The molecular weight excluding hydrogens is 446 g/mol. The lowest BCUT2D eigenvalue weighted by molar-refractivity contribution is -0.186. The standard InChI is InChI=1S/C23H23F4NO3S/c1-31-19-9-2-15(3-10-19)14-32-20-12-18(28(13-20)22(30)23(25,26)27)8-11-21(29)16-4-6-17(24)7-5-16/h2-7,9-10,18,20H,8,11-14H2,1H3. The number of amides is 1. The van der Waals surface area contributed by atoms with Gasteiger partial charge in [0, 0.05) is 35.6 Å². The van der Waals surface area contributed by atoms with Gasteiger partial charge in [-0.15, -0.1) is 0 Å². The van der Waals surface area contributed by atoms with Gasteiger partial charge in [0.1, 0.15) is 11.6 Å². The average Bonchev–Trinajstić information content (AvgIpc) is 3.18. The number of rotatable bonds is 8. The summed E-state index contributed by atoms with van der Waals surface area (Å²) in [5.41, 5.74) is 1.29. The third kappa shape index (κ3) is 6.25. The van der Waals surface area contributed by atoms with E-state index in [2.05, 4.69) is 0 Å². The third-order valence-corrected chi connectivity index (χ3v) is 6.71. The molecule has 1 amide bonds. The predicted molar refractivity (Wildman–Crippen MR) is 114 cm³/mol. The highest BCUT2D eigenvalue weighted by Crippen LogP contribution is 2.35. The number of methoxy groups -OCH3 is 1. The largest absolute Gasteiger partial charge is 0.497 e. The summed E-state index contributed by atoms with van der Waals surface area (Å²) in [5.74, 6) is -1.34. The smallest absolute Gasteiger partial charge is 0.471 e. The number of carbonyl (C=O) groups excluding carboxylic acids is 2. The number of ether oxygens (including phenoxy) is 1. The van der Waals surface area contributed by atoms with Crippen molar-refractivity contribution in [1.82, 2.24) is 4.90 Å². The maximum absolute atomic E-state index is 13.1. The second-order valence-electron chi connectivity index (χ2n) is 7.59. The Bertz CT molecular complexity index is 932. The first-order chi connectivity index (χ1) is 15.2. The van der Waals surface area contributed by atoms with Crippen molar-refractivity contribution in [2.75, 3.05) is 13.7 Å². The molecule has 172 valence electrons. The van der Waals surface area contributed by atoms with Crippen LogP contribution in [0.2, 0.25) is 0 Å². The van der Waals surface area contributed by atoms with Crippen LogP contribution in [-0.2, 0) is 10.5 Å². The molecule has 0 aromatic heterocycles. The molecule has 2 aromatic rings. The van der Waals surface area contributed by atoms with Crippen LogP contribution < -0.4 is 4.74 Å². The molecule has 2 aromatic carbocycles. The number of likely N-dealkylation sites (tertiary alicyclic amines) is 1. The number of benzene rings is 2. The van der Waals surface area contributed by atoms with Gasteiger partial charge in [-0.25, -0.2) is 4.39 Å². The number of thioether (sulfide) groups is 1. The van der Waals surface area contributed by atoms with E-state index in [9.17, 15) is 27.2 Å². The number of nitrogens with zero attached hydrogens (tertiary/aromatic N) is 1. The molecule has 1 fully saturated rings. The quantitative estimate of drug-likeness (QED) is 0.391. The maximum atomic E-state index is 13.1. The fourth-order valence-electron chi connectivity index (χ4n) is 3.69. The lowest BCUT2D eigenvalue weighted by Crippen LogP contribution is -2.44. The van der Waals surface area contributed by atoms with Crippen LogP contribution in [0.3, 0.4) is 0 Å². The fraction of sp³-hybridized carbons (Fsp3) is 0.391. The molecule has 32 heavy (non-hydrogen) atoms. The molecular formula is C23H23F4NO3S. The van der Waals surface area contributed by atoms with E-state index >= 15 is 0 Å². The Balaban J connectivity index is 1.62. The second-order valence-corrected chi connectivity index (χ2v) is 8.88. The van der Waals surface area contributed by atoms with Crippen molar-refractivity contribution < 1.29 is 31.9 Å². The molecule has 1 aliphatic rings. The molecule has 0 N–H and O–H groups in total. The van der Waals surface area contributed by atoms with Crippen LogP contribution in [0.15, 0.2) is 48.5 Å². The summed E-state index contributed by atoms with van der Waals surface area (Å²) in [6, 6.07) is 11.7. The Morgan fingerprint density at radius 1 is 1.09 bits per heavy atom. The summed E-state index contributed by atoms with van der Waals surface area (Å²) in [7, 11) is 1.56. The molecule has 2 atom stereocenters. The SMILES string of the molecule is COc1ccc(CSC2CC(CCC(=O)c3ccc(F)cc3)N(C(=O)C(F)(F)F)C2)cc1. The first kappa shape index (κ1) is 24.1. The Hall–Kier alpha value is -2.55. The monoisotopic (exact) mass is 469 g/mol. The Kier molecular flexibility index (Phi) is 7.82. The molecule has 1 aliphatic heterocycles. The van der Waals surface area contributed by atoms with Crippen molar-refractivity contribution in [2.24, 2.45) is 0 Å². The molecule has 4 nitrogen and oxygen atoms in total. The molecule has 1 heterocycles. The van der Waals surface area contributed by atoms with E-state index in [0.29, 0.717) is 23.5 Å². The Labute approximate surface area is 187 Å². The van der Waals surface area contributed by atoms with Gasteiger partial charge in [-0.3, -0.25) is 9.59 Å². The molecule has 9 heteroatoms. The van der Waals surface area contributed by atoms with Crippen molar-refractivity contribution in [3.63, 3.8) is 0 Å². The Morgan fingerprint density at radius 2 is 1.75 bits per heavy atom. The highest BCUT2D eigenvalue weighted by atomic mass is 32.2. The van der Waals surface area contributed by atoms with Crippen LogP contribution in [0.1, 0.15) is 35.2 Å². The van der Waals surface area contributed by atoms with Crippen molar-refractivity contribution in [2.45, 2.75) is 42.5 Å². The maximum Gasteiger partial charge on any atom is 0.471 e. The van der Waals surface area contributed by atoms with E-state index in [1.54, 1.807) is 7.11 Å². The van der Waals surface area contributed by atoms with Gasteiger partial charge in [0.15, 0.2) is 5.78 Å². The molecule has 0 spiro atoms. The first-order valence-electron chi connectivity index (χ1n) is 10.1. The summed E-state index contributed by atoms with van der Waals surface area (Å²) in [5, 5.41) is -0.172. The molecule has 0 saturated carbocycles. The van der Waals surface area contributed by atoms with Crippen LogP contribution >= 0.6 is 11.8 Å². The van der Waals surface area contributed by atoms with Gasteiger partial charge in [-0.05, 0) is 54.8 Å². The van der Waals surface area contributed by atoms with Crippen molar-refractivity contribution in [3.05, 3.63) is 65.5 Å². The van der Waals surface area contributed by atoms with E-state index in [1.807, 2.05) is 24.3 Å². The first-order valence-corrected chi connectivity index (χ1v) is 11.1. The third-order valence-electron chi connectivity index (χ3n) is 5.40. The van der Waals surface area contributed by atoms with Crippen molar-refractivity contribution >= 4 is 23.5 Å². The highest BCUT2D eigenvalue weighted by Gasteiger charge is 2.47. The van der Waals surface area contributed by atoms with Gasteiger partial charge in [0.05, 0.1) is 7.11 Å². The van der Waals surface area contributed by atoms with E-state index in [4.69, 9.17) is 4.74 Å². The van der Waals surface area contributed by atoms with Crippen LogP contribution in [-0.4, -0.2) is 47.7 Å². The number of ketones is 1. The summed E-state index contributed by atoms with van der Waals surface area (Å²) in [4.78, 5) is 25.2. The zero-order chi connectivity index (χ0) is 23.3. The minimum Gasteiger partial charge on any atom is -0.497 e. The molecule has 0 bridgehead atoms. The van der Waals surface area contributed by atoms with Crippen LogP contribution in [0.5, 0.6) is 5.75 Å². The van der Waals surface area contributed by atoms with Crippen LogP contribution in [0.4, 0.5) is 17.6 Å². The summed E-state index contributed by atoms with van der Waals surface area (Å²) in [6.07, 6.45) is -4.49. The number of halogens is 4. The van der Waals surface area contributed by atoms with Gasteiger partial charge >= 0.3 is 12.1 Å². The summed E-state index contributed by atoms with van der Waals surface area (Å²) < 4.78 is 57.5. The van der Waals surface area contributed by atoms with Crippen molar-refractivity contribution in [3.8, 4) is 5.75 Å². The lowest BCUT2D eigenvalue weighted by Gasteiger charge is -2.25. The predicted octanol–water partition coefficient (Wildman–Crippen LogP) is 5.26. The average molecular weight is 470 g/mol. The van der Waals surface area contributed by atoms with Gasteiger partial charge in [-0.2, -0.15) is 24.9 Å². The highest BCUT2D eigenvalue weighted by molar-refractivity contribution is 7.99. The van der Waals surface area contributed by atoms with Crippen molar-refractivity contribution in [1.29, 1.82) is 0 Å². The topological polar surface area (TPSA) is 46.6 Å². The van der Waals surface area contributed by atoms with Gasteiger partial charge < -0.3 is 9.64 Å². The molecule has 2 unspecified atom stereocenters.